The van der Waals surface area contributed by atoms with E-state index in [-0.39, 0.29) is 17.8 Å². The maximum atomic E-state index is 12.2. The van der Waals surface area contributed by atoms with Gasteiger partial charge in [0.1, 0.15) is 6.54 Å². The van der Waals surface area contributed by atoms with Gasteiger partial charge in [0.05, 0.1) is 0 Å². The molecule has 2 rings (SSSR count). The first-order valence-electron chi connectivity index (χ1n) is 6.57. The van der Waals surface area contributed by atoms with Gasteiger partial charge in [0.2, 0.25) is 11.9 Å². The van der Waals surface area contributed by atoms with Gasteiger partial charge in [0, 0.05) is 24.9 Å². The summed E-state index contributed by atoms with van der Waals surface area (Å²) in [6.45, 7) is -0.889. The van der Waals surface area contributed by atoms with Crippen molar-refractivity contribution in [3.8, 4) is 0 Å². The lowest BCUT2D eigenvalue weighted by Crippen LogP contribution is -2.23. The number of nitrogens with zero attached hydrogens (tertiary/aromatic N) is 4. The average molecular weight is 329 g/mol. The van der Waals surface area contributed by atoms with E-state index in [1.807, 2.05) is 17.4 Å². The Hall–Kier alpha value is -2.69. The van der Waals surface area contributed by atoms with Crippen LogP contribution in [0.1, 0.15) is 5.69 Å². The molecule has 0 aliphatic carbocycles. The molecule has 0 saturated heterocycles. The Morgan fingerprint density at radius 1 is 1.00 bits per heavy atom. The van der Waals surface area contributed by atoms with Gasteiger partial charge in [-0.3, -0.25) is 10.2 Å². The summed E-state index contributed by atoms with van der Waals surface area (Å²) in [5.41, 5.74) is 2.52. The minimum Gasteiger partial charge on any atom is -0.354 e. The van der Waals surface area contributed by atoms with Crippen LogP contribution in [-0.4, -0.2) is 44.4 Å². The molecule has 11 heteroatoms. The van der Waals surface area contributed by atoms with E-state index in [2.05, 4.69) is 25.3 Å². The van der Waals surface area contributed by atoms with Crippen LogP contribution in [0.15, 0.2) is 24.4 Å². The van der Waals surface area contributed by atoms with Gasteiger partial charge in [-0.1, -0.05) is 6.07 Å². The molecule has 0 aromatic carbocycles. The molecular weight excluding hydrogens is 315 g/mol. The molecule has 0 aliphatic heterocycles. The van der Waals surface area contributed by atoms with Crippen LogP contribution in [0.25, 0.3) is 0 Å². The Balaban J connectivity index is 1.97. The van der Waals surface area contributed by atoms with Crippen LogP contribution >= 0.6 is 0 Å². The molecule has 0 fully saturated rings. The maximum absolute atomic E-state index is 12.2. The molecule has 0 unspecified atom stereocenters. The van der Waals surface area contributed by atoms with Crippen LogP contribution in [0.3, 0.4) is 0 Å². The molecule has 0 amide bonds. The lowest BCUT2D eigenvalue weighted by atomic mass is 10.3. The summed E-state index contributed by atoms with van der Waals surface area (Å²) in [5, 5.41) is 13.7. The highest BCUT2D eigenvalue weighted by Crippen LogP contribution is 2.16. The smallest absolute Gasteiger partial charge is 0.354 e. The normalized spacial score (nSPS) is 11.1. The van der Waals surface area contributed by atoms with Crippen molar-refractivity contribution in [3.05, 3.63) is 30.1 Å². The second-order valence-electron chi connectivity index (χ2n) is 4.38. The first-order valence-corrected chi connectivity index (χ1v) is 6.57. The fourth-order valence-electron chi connectivity index (χ4n) is 1.61. The van der Waals surface area contributed by atoms with E-state index in [9.17, 15) is 13.2 Å². The van der Waals surface area contributed by atoms with Crippen LogP contribution in [0.4, 0.5) is 31.0 Å². The molecule has 0 spiro atoms. The van der Waals surface area contributed by atoms with Gasteiger partial charge < -0.3 is 10.6 Å². The van der Waals surface area contributed by atoms with Crippen molar-refractivity contribution in [1.29, 1.82) is 0 Å². The van der Waals surface area contributed by atoms with Crippen molar-refractivity contribution in [2.45, 2.75) is 12.6 Å². The SMILES string of the molecule is ONc1nc(NCCc2ccccn2)nc(NCC(F)(F)F)n1. The lowest BCUT2D eigenvalue weighted by Gasteiger charge is -2.11. The van der Waals surface area contributed by atoms with Gasteiger partial charge in [-0.15, -0.1) is 0 Å². The zero-order chi connectivity index (χ0) is 16.7. The second kappa shape index (κ2) is 7.54. The molecule has 2 aromatic rings. The summed E-state index contributed by atoms with van der Waals surface area (Å²) in [4.78, 5) is 15.3. The molecule has 8 nitrogen and oxygen atoms in total. The third-order valence-electron chi connectivity index (χ3n) is 2.57. The summed E-state index contributed by atoms with van der Waals surface area (Å²) in [6, 6.07) is 5.48. The van der Waals surface area contributed by atoms with Gasteiger partial charge in [0.25, 0.3) is 5.95 Å². The third kappa shape index (κ3) is 5.90. The molecule has 0 radical (unpaired) electrons. The van der Waals surface area contributed by atoms with E-state index in [1.54, 1.807) is 17.7 Å². The number of alkyl halides is 3. The Morgan fingerprint density at radius 2 is 1.70 bits per heavy atom. The van der Waals surface area contributed by atoms with Crippen LogP contribution in [0.5, 0.6) is 0 Å². The Bertz CT molecular complexity index is 624. The predicted octanol–water partition coefficient (Wildman–Crippen LogP) is 1.70. The minimum absolute atomic E-state index is 0.0251. The van der Waals surface area contributed by atoms with E-state index in [0.717, 1.165) is 5.69 Å². The third-order valence-corrected chi connectivity index (χ3v) is 2.57. The van der Waals surface area contributed by atoms with Gasteiger partial charge in [-0.05, 0) is 12.1 Å². The van der Waals surface area contributed by atoms with Crippen molar-refractivity contribution in [2.24, 2.45) is 0 Å². The van der Waals surface area contributed by atoms with Crippen molar-refractivity contribution in [3.63, 3.8) is 0 Å². The number of pyridine rings is 1. The summed E-state index contributed by atoms with van der Waals surface area (Å²) < 4.78 is 36.6. The molecule has 0 saturated carbocycles. The highest BCUT2D eigenvalue weighted by molar-refractivity contribution is 5.41. The maximum Gasteiger partial charge on any atom is 0.405 e. The van der Waals surface area contributed by atoms with Crippen molar-refractivity contribution >= 4 is 17.8 Å². The van der Waals surface area contributed by atoms with Crippen molar-refractivity contribution in [2.75, 3.05) is 29.2 Å². The van der Waals surface area contributed by atoms with Crippen LogP contribution in [0, 0.1) is 0 Å². The zero-order valence-corrected chi connectivity index (χ0v) is 11.8. The second-order valence-corrected chi connectivity index (χ2v) is 4.38. The quantitative estimate of drug-likeness (QED) is 0.569. The molecule has 124 valence electrons. The van der Waals surface area contributed by atoms with Gasteiger partial charge in [-0.25, -0.2) is 5.48 Å². The van der Waals surface area contributed by atoms with Crippen LogP contribution < -0.4 is 16.1 Å². The molecule has 2 heterocycles. The van der Waals surface area contributed by atoms with Crippen molar-refractivity contribution < 1.29 is 18.4 Å². The fraction of sp³-hybridized carbons (Fsp3) is 0.333. The lowest BCUT2D eigenvalue weighted by molar-refractivity contribution is -0.115. The first-order chi connectivity index (χ1) is 11.0. The molecular formula is C12H14F3N7O. The van der Waals surface area contributed by atoms with Gasteiger partial charge in [-0.2, -0.15) is 28.1 Å². The average Bonchev–Trinajstić information content (AvgIpc) is 2.53. The van der Waals surface area contributed by atoms with Crippen LogP contribution in [0.2, 0.25) is 0 Å². The number of anilines is 3. The standard InChI is InChI=1S/C12H14F3N7O/c13-12(14,15)7-18-10-19-9(20-11(21-10)22-23)17-6-4-8-3-1-2-5-16-8/h1-3,5,23H,4,6-7H2,(H3,17,18,19,20,21,22). The Labute approximate surface area is 129 Å². The van der Waals surface area contributed by atoms with Crippen molar-refractivity contribution in [1.82, 2.24) is 19.9 Å². The Morgan fingerprint density at radius 3 is 2.30 bits per heavy atom. The van der Waals surface area contributed by atoms with Gasteiger partial charge >= 0.3 is 6.18 Å². The number of hydrogen-bond acceptors (Lipinski definition) is 8. The topological polar surface area (TPSA) is 108 Å². The van der Waals surface area contributed by atoms with Crippen LogP contribution in [-0.2, 0) is 6.42 Å². The largest absolute Gasteiger partial charge is 0.405 e. The molecule has 0 bridgehead atoms. The highest BCUT2D eigenvalue weighted by atomic mass is 19.4. The summed E-state index contributed by atoms with van der Waals surface area (Å²) in [5.74, 6) is -0.559. The number of hydrogen-bond donors (Lipinski definition) is 4. The van der Waals surface area contributed by atoms with Gasteiger partial charge in [0.15, 0.2) is 0 Å². The molecule has 0 aliphatic rings. The number of halogens is 3. The molecule has 23 heavy (non-hydrogen) atoms. The van der Waals surface area contributed by atoms with E-state index in [0.29, 0.717) is 13.0 Å². The molecule has 0 atom stereocenters. The summed E-state index contributed by atoms with van der Waals surface area (Å²) in [7, 11) is 0. The summed E-state index contributed by atoms with van der Waals surface area (Å²) in [6.07, 6.45) is -2.18. The Kier molecular flexibility index (Phi) is 5.46. The van der Waals surface area contributed by atoms with E-state index < -0.39 is 12.7 Å². The number of nitrogens with one attached hydrogen (secondary N) is 3. The van der Waals surface area contributed by atoms with E-state index >= 15 is 0 Å². The first kappa shape index (κ1) is 16.7. The monoisotopic (exact) mass is 329 g/mol. The zero-order valence-electron chi connectivity index (χ0n) is 11.8. The van der Waals surface area contributed by atoms with E-state index in [4.69, 9.17) is 5.21 Å². The fourth-order valence-corrected chi connectivity index (χ4v) is 1.61. The molecule has 2 aromatic heterocycles. The predicted molar refractivity (Wildman–Crippen MR) is 76.2 cm³/mol. The summed E-state index contributed by atoms with van der Waals surface area (Å²) >= 11 is 0. The molecule has 4 N–H and O–H groups in total. The number of aromatic nitrogens is 4. The van der Waals surface area contributed by atoms with E-state index in [1.165, 1.54) is 0 Å². The number of rotatable bonds is 7. The highest BCUT2D eigenvalue weighted by Gasteiger charge is 2.27. The minimum atomic E-state index is -4.41.